The number of nitrogens with one attached hydrogen (secondary N) is 1. The summed E-state index contributed by atoms with van der Waals surface area (Å²) in [5, 5.41) is 5.21. The Labute approximate surface area is 123 Å². The zero-order valence-electron chi connectivity index (χ0n) is 9.73. The van der Waals surface area contributed by atoms with E-state index in [1.807, 2.05) is 6.07 Å². The second kappa shape index (κ2) is 6.92. The predicted molar refractivity (Wildman–Crippen MR) is 83.4 cm³/mol. The number of hydrogen-bond donors (Lipinski definition) is 2. The maximum Gasteiger partial charge on any atom is 0.188 e. The summed E-state index contributed by atoms with van der Waals surface area (Å²) in [4.78, 5) is 6.86. The molecular formula is C12H14BrN3S2. The van der Waals surface area contributed by atoms with Gasteiger partial charge in [0.2, 0.25) is 0 Å². The summed E-state index contributed by atoms with van der Waals surface area (Å²) in [7, 11) is 0. The van der Waals surface area contributed by atoms with Gasteiger partial charge < -0.3 is 11.1 Å². The summed E-state index contributed by atoms with van der Waals surface area (Å²) in [6.07, 6.45) is 0.985. The quantitative estimate of drug-likeness (QED) is 0.646. The molecule has 96 valence electrons. The minimum atomic E-state index is 0.510. The first-order valence-corrected chi connectivity index (χ1v) is 8.03. The number of rotatable bonds is 5. The average Bonchev–Trinajstić information content (AvgIpc) is 2.98. The van der Waals surface area contributed by atoms with E-state index in [0.717, 1.165) is 16.8 Å². The molecule has 3 N–H and O–H groups in total. The first-order chi connectivity index (χ1) is 8.74. The van der Waals surface area contributed by atoms with Crippen LogP contribution in [0, 0.1) is 0 Å². The molecule has 0 radical (unpaired) electrons. The van der Waals surface area contributed by atoms with Crippen LogP contribution in [0.1, 0.15) is 9.75 Å². The van der Waals surface area contributed by atoms with Crippen LogP contribution in [-0.4, -0.2) is 12.5 Å². The number of guanidine groups is 1. The summed E-state index contributed by atoms with van der Waals surface area (Å²) in [5.74, 6) is 0.510. The summed E-state index contributed by atoms with van der Waals surface area (Å²) in [6, 6.07) is 8.27. The Hall–Kier alpha value is -0.850. The zero-order valence-corrected chi connectivity index (χ0v) is 12.9. The van der Waals surface area contributed by atoms with Crippen LogP contribution >= 0.6 is 38.6 Å². The lowest BCUT2D eigenvalue weighted by Gasteiger charge is -2.03. The molecule has 2 aromatic rings. The van der Waals surface area contributed by atoms with Gasteiger partial charge in [0.05, 0.1) is 10.3 Å². The van der Waals surface area contributed by atoms with E-state index in [0.29, 0.717) is 12.5 Å². The number of hydrogen-bond acceptors (Lipinski definition) is 3. The molecule has 6 heteroatoms. The molecule has 0 fully saturated rings. The number of halogens is 1. The third-order valence-corrected chi connectivity index (χ3v) is 4.84. The van der Waals surface area contributed by atoms with Gasteiger partial charge in [0, 0.05) is 16.3 Å². The molecular weight excluding hydrogens is 330 g/mol. The van der Waals surface area contributed by atoms with Gasteiger partial charge in [-0.15, -0.1) is 22.7 Å². The molecule has 2 heterocycles. The number of thiophene rings is 2. The minimum absolute atomic E-state index is 0.510. The Morgan fingerprint density at radius 1 is 1.33 bits per heavy atom. The average molecular weight is 344 g/mol. The topological polar surface area (TPSA) is 50.4 Å². The van der Waals surface area contributed by atoms with Gasteiger partial charge in [-0.3, -0.25) is 0 Å². The second-order valence-corrected chi connectivity index (χ2v) is 7.24. The third-order valence-electron chi connectivity index (χ3n) is 2.29. The zero-order chi connectivity index (χ0) is 12.8. The molecule has 3 nitrogen and oxygen atoms in total. The lowest BCUT2D eigenvalue weighted by atomic mass is 10.3. The fraction of sp³-hybridized carbons (Fsp3) is 0.250. The van der Waals surface area contributed by atoms with Crippen LogP contribution in [0.5, 0.6) is 0 Å². The summed E-state index contributed by atoms with van der Waals surface area (Å²) >= 11 is 6.87. The van der Waals surface area contributed by atoms with Crippen molar-refractivity contribution in [3.05, 3.63) is 43.2 Å². The van der Waals surface area contributed by atoms with E-state index in [-0.39, 0.29) is 0 Å². The van der Waals surface area contributed by atoms with Crippen LogP contribution in [0.15, 0.2) is 38.4 Å². The van der Waals surface area contributed by atoms with Crippen LogP contribution in [0.3, 0.4) is 0 Å². The molecule has 0 amide bonds. The van der Waals surface area contributed by atoms with E-state index < -0.39 is 0 Å². The Morgan fingerprint density at radius 2 is 2.22 bits per heavy atom. The summed E-state index contributed by atoms with van der Waals surface area (Å²) < 4.78 is 1.12. The number of aliphatic imine (C=N–C) groups is 1. The van der Waals surface area contributed by atoms with Gasteiger partial charge in [-0.25, -0.2) is 4.99 Å². The highest BCUT2D eigenvalue weighted by molar-refractivity contribution is 9.11. The van der Waals surface area contributed by atoms with E-state index in [4.69, 9.17) is 5.73 Å². The van der Waals surface area contributed by atoms with Gasteiger partial charge in [0.25, 0.3) is 0 Å². The monoisotopic (exact) mass is 343 g/mol. The van der Waals surface area contributed by atoms with Crippen molar-refractivity contribution in [3.63, 3.8) is 0 Å². The molecule has 0 atom stereocenters. The summed E-state index contributed by atoms with van der Waals surface area (Å²) in [5.41, 5.74) is 5.80. The Balaban J connectivity index is 1.72. The van der Waals surface area contributed by atoms with Crippen LogP contribution < -0.4 is 11.1 Å². The maximum atomic E-state index is 5.80. The highest BCUT2D eigenvalue weighted by atomic mass is 79.9. The first kappa shape index (κ1) is 13.6. The number of nitrogens with zero attached hydrogens (tertiary/aromatic N) is 1. The van der Waals surface area contributed by atoms with E-state index in [2.05, 4.69) is 49.8 Å². The molecule has 0 spiro atoms. The lowest BCUT2D eigenvalue weighted by Crippen LogP contribution is -2.33. The van der Waals surface area contributed by atoms with E-state index >= 15 is 0 Å². The van der Waals surface area contributed by atoms with Crippen molar-refractivity contribution in [2.24, 2.45) is 10.7 Å². The van der Waals surface area contributed by atoms with Crippen LogP contribution in [0.4, 0.5) is 0 Å². The Bertz CT molecular complexity index is 505. The van der Waals surface area contributed by atoms with Crippen LogP contribution in [0.2, 0.25) is 0 Å². The van der Waals surface area contributed by atoms with Crippen molar-refractivity contribution >= 4 is 44.6 Å². The van der Waals surface area contributed by atoms with Crippen molar-refractivity contribution in [3.8, 4) is 0 Å². The Kier molecular flexibility index (Phi) is 5.22. The number of nitrogens with two attached hydrogens (primary N) is 1. The molecule has 0 aromatic carbocycles. The van der Waals surface area contributed by atoms with Gasteiger partial charge in [0.1, 0.15) is 0 Å². The molecule has 18 heavy (non-hydrogen) atoms. The minimum Gasteiger partial charge on any atom is -0.370 e. The molecule has 2 rings (SSSR count). The highest BCUT2D eigenvalue weighted by Crippen LogP contribution is 2.22. The van der Waals surface area contributed by atoms with Crippen molar-refractivity contribution in [2.75, 3.05) is 6.54 Å². The Morgan fingerprint density at radius 3 is 2.89 bits per heavy atom. The van der Waals surface area contributed by atoms with Gasteiger partial charge in [-0.05, 0) is 45.9 Å². The van der Waals surface area contributed by atoms with Gasteiger partial charge in [0.15, 0.2) is 5.96 Å². The fourth-order valence-electron chi connectivity index (χ4n) is 1.42. The van der Waals surface area contributed by atoms with Crippen molar-refractivity contribution < 1.29 is 0 Å². The van der Waals surface area contributed by atoms with Gasteiger partial charge in [-0.2, -0.15) is 0 Å². The normalized spacial score (nSPS) is 11.7. The van der Waals surface area contributed by atoms with Crippen LogP contribution in [-0.2, 0) is 13.0 Å². The molecule has 0 aliphatic heterocycles. The van der Waals surface area contributed by atoms with E-state index in [1.165, 1.54) is 9.75 Å². The van der Waals surface area contributed by atoms with Gasteiger partial charge >= 0.3 is 0 Å². The molecule has 0 saturated carbocycles. The fourth-order valence-corrected chi connectivity index (χ4v) is 3.54. The molecule has 0 unspecified atom stereocenters. The first-order valence-electron chi connectivity index (χ1n) is 5.54. The molecule has 0 aliphatic carbocycles. The van der Waals surface area contributed by atoms with E-state index in [1.54, 1.807) is 22.7 Å². The predicted octanol–water partition coefficient (Wildman–Crippen LogP) is 3.22. The van der Waals surface area contributed by atoms with Gasteiger partial charge in [-0.1, -0.05) is 6.07 Å². The highest BCUT2D eigenvalue weighted by Gasteiger charge is 1.98. The van der Waals surface area contributed by atoms with Crippen molar-refractivity contribution in [1.82, 2.24) is 5.32 Å². The largest absolute Gasteiger partial charge is 0.370 e. The van der Waals surface area contributed by atoms with Crippen molar-refractivity contribution in [1.29, 1.82) is 0 Å². The van der Waals surface area contributed by atoms with Crippen molar-refractivity contribution in [2.45, 2.75) is 13.0 Å². The smallest absolute Gasteiger partial charge is 0.188 e. The summed E-state index contributed by atoms with van der Waals surface area (Å²) in [6.45, 7) is 1.46. The molecule has 0 saturated heterocycles. The second-order valence-electron chi connectivity index (χ2n) is 3.66. The standard InChI is InChI=1S/C12H14BrN3S2/c13-11-4-3-10(18-11)8-16-12(14)15-6-5-9-2-1-7-17-9/h1-4,7H,5-6,8H2,(H3,14,15,16). The molecule has 0 bridgehead atoms. The van der Waals surface area contributed by atoms with E-state index in [9.17, 15) is 0 Å². The van der Waals surface area contributed by atoms with Crippen LogP contribution in [0.25, 0.3) is 0 Å². The maximum absolute atomic E-state index is 5.80. The third kappa shape index (κ3) is 4.44. The SMILES string of the molecule is NC(=NCc1ccc(Br)s1)NCCc1cccs1. The molecule has 2 aromatic heterocycles. The molecule has 0 aliphatic rings. The lowest BCUT2D eigenvalue weighted by molar-refractivity contribution is 0.858.